The number of hydrogen-bond acceptors (Lipinski definition) is 8. The molecule has 3 aromatic rings. The topological polar surface area (TPSA) is 106 Å². The first-order valence-electron chi connectivity index (χ1n) is 11.3. The van der Waals surface area contributed by atoms with Crippen molar-refractivity contribution in [1.29, 1.82) is 0 Å². The fourth-order valence-electron chi connectivity index (χ4n) is 3.40. The molecule has 0 bridgehead atoms. The summed E-state index contributed by atoms with van der Waals surface area (Å²) in [6.45, 7) is 5.04. The van der Waals surface area contributed by atoms with E-state index < -0.39 is 5.91 Å². The third kappa shape index (κ3) is 7.54. The third-order valence-electron chi connectivity index (χ3n) is 5.28. The molecule has 0 saturated carbocycles. The van der Waals surface area contributed by atoms with Crippen LogP contribution in [0.1, 0.15) is 31.6 Å². The second-order valence-electron chi connectivity index (χ2n) is 7.84. The highest BCUT2D eigenvalue weighted by Crippen LogP contribution is 2.17. The molecule has 0 unspecified atom stereocenters. The fraction of sp³-hybridized carbons (Fsp3) is 0.333. The summed E-state index contributed by atoms with van der Waals surface area (Å²) in [7, 11) is 0. The molecule has 0 radical (unpaired) electrons. The molecule has 1 aromatic heterocycles. The molecular weight excluding hydrogens is 473 g/mol. The normalized spacial score (nSPS) is 13.9. The Morgan fingerprint density at radius 2 is 1.77 bits per heavy atom. The summed E-state index contributed by atoms with van der Waals surface area (Å²) in [6, 6.07) is 12.3. The Labute approximate surface area is 206 Å². The monoisotopic (exact) mass is 499 g/mol. The second-order valence-corrected chi connectivity index (χ2v) is 8.90. The summed E-state index contributed by atoms with van der Waals surface area (Å²) in [5.74, 6) is -0.412. The van der Waals surface area contributed by atoms with E-state index in [-0.39, 0.29) is 23.3 Å². The molecule has 1 fully saturated rings. The number of benzene rings is 2. The zero-order chi connectivity index (χ0) is 24.5. The lowest BCUT2D eigenvalue weighted by molar-refractivity contribution is 0.0374. The average Bonchev–Trinajstić information content (AvgIpc) is 3.37. The van der Waals surface area contributed by atoms with Crippen molar-refractivity contribution >= 4 is 28.8 Å². The van der Waals surface area contributed by atoms with Crippen molar-refractivity contribution in [3.8, 4) is 5.75 Å². The zero-order valence-electron chi connectivity index (χ0n) is 19.0. The number of carbonyl (C=O) groups excluding carboxylic acids is 2. The first kappa shape index (κ1) is 24.7. The van der Waals surface area contributed by atoms with Gasteiger partial charge in [0.25, 0.3) is 11.8 Å². The Hall–Kier alpha value is -3.41. The predicted molar refractivity (Wildman–Crippen MR) is 129 cm³/mol. The number of morpholine rings is 1. The van der Waals surface area contributed by atoms with Crippen LogP contribution in [-0.2, 0) is 11.3 Å². The van der Waals surface area contributed by atoms with Crippen LogP contribution in [0.4, 0.5) is 10.1 Å². The molecule has 4 rings (SSSR count). The molecule has 1 aliphatic heterocycles. The van der Waals surface area contributed by atoms with Crippen LogP contribution in [-0.4, -0.2) is 66.3 Å². The largest absolute Gasteiger partial charge is 0.486 e. The predicted octanol–water partition coefficient (Wildman–Crippen LogP) is 2.96. The van der Waals surface area contributed by atoms with E-state index in [4.69, 9.17) is 9.47 Å². The SMILES string of the molecule is O=C(NCCCN1CCOCC1)c1ccc(NC(=O)c2nnc(COc3ccc(F)cc3)s2)cc1. The van der Waals surface area contributed by atoms with Crippen LogP contribution in [0.5, 0.6) is 5.75 Å². The molecule has 184 valence electrons. The van der Waals surface area contributed by atoms with Crippen molar-refractivity contribution in [3.05, 3.63) is 69.9 Å². The van der Waals surface area contributed by atoms with Gasteiger partial charge in [0.1, 0.15) is 18.2 Å². The first-order valence-corrected chi connectivity index (χ1v) is 12.1. The Morgan fingerprint density at radius 3 is 2.51 bits per heavy atom. The van der Waals surface area contributed by atoms with Crippen molar-refractivity contribution in [2.75, 3.05) is 44.7 Å². The molecule has 1 aliphatic rings. The van der Waals surface area contributed by atoms with Gasteiger partial charge in [0.2, 0.25) is 5.01 Å². The van der Waals surface area contributed by atoms with Gasteiger partial charge in [0.15, 0.2) is 5.01 Å². The second kappa shape index (κ2) is 12.3. The van der Waals surface area contributed by atoms with Gasteiger partial charge in [0.05, 0.1) is 13.2 Å². The van der Waals surface area contributed by atoms with Gasteiger partial charge in [-0.05, 0) is 61.5 Å². The Bertz CT molecular complexity index is 1120. The number of nitrogens with zero attached hydrogens (tertiary/aromatic N) is 3. The summed E-state index contributed by atoms with van der Waals surface area (Å²) in [4.78, 5) is 27.2. The number of nitrogens with one attached hydrogen (secondary N) is 2. The maximum Gasteiger partial charge on any atom is 0.286 e. The molecule has 9 nitrogen and oxygen atoms in total. The van der Waals surface area contributed by atoms with Crippen molar-refractivity contribution in [2.24, 2.45) is 0 Å². The van der Waals surface area contributed by atoms with Crippen LogP contribution in [0.2, 0.25) is 0 Å². The minimum absolute atomic E-state index is 0.118. The fourth-order valence-corrected chi connectivity index (χ4v) is 4.05. The highest BCUT2D eigenvalue weighted by Gasteiger charge is 2.14. The van der Waals surface area contributed by atoms with Crippen LogP contribution in [0.3, 0.4) is 0 Å². The summed E-state index contributed by atoms with van der Waals surface area (Å²) in [5, 5.41) is 14.2. The van der Waals surface area contributed by atoms with E-state index in [1.807, 2.05) is 0 Å². The lowest BCUT2D eigenvalue weighted by Gasteiger charge is -2.26. The highest BCUT2D eigenvalue weighted by molar-refractivity contribution is 7.13. The molecule has 2 heterocycles. The van der Waals surface area contributed by atoms with Crippen LogP contribution in [0.15, 0.2) is 48.5 Å². The Kier molecular flexibility index (Phi) is 8.71. The van der Waals surface area contributed by atoms with E-state index in [2.05, 4.69) is 25.7 Å². The number of hydrogen-bond donors (Lipinski definition) is 2. The molecule has 2 N–H and O–H groups in total. The lowest BCUT2D eigenvalue weighted by Crippen LogP contribution is -2.38. The summed E-state index contributed by atoms with van der Waals surface area (Å²) < 4.78 is 23.8. The van der Waals surface area contributed by atoms with Crippen LogP contribution in [0, 0.1) is 5.82 Å². The molecule has 35 heavy (non-hydrogen) atoms. The molecule has 11 heteroatoms. The minimum atomic E-state index is -0.407. The van der Waals surface area contributed by atoms with E-state index in [0.29, 0.717) is 28.6 Å². The maximum atomic E-state index is 13.0. The lowest BCUT2D eigenvalue weighted by atomic mass is 10.2. The van der Waals surface area contributed by atoms with Crippen LogP contribution in [0.25, 0.3) is 0 Å². The number of aromatic nitrogens is 2. The number of anilines is 1. The van der Waals surface area contributed by atoms with E-state index in [1.54, 1.807) is 24.3 Å². The quantitative estimate of drug-likeness (QED) is 0.413. The zero-order valence-corrected chi connectivity index (χ0v) is 19.9. The number of carbonyl (C=O) groups is 2. The van der Waals surface area contributed by atoms with Gasteiger partial charge in [-0.2, -0.15) is 0 Å². The van der Waals surface area contributed by atoms with E-state index in [1.165, 1.54) is 24.3 Å². The number of ether oxygens (including phenoxy) is 2. The van der Waals surface area contributed by atoms with Gasteiger partial charge in [-0.15, -0.1) is 10.2 Å². The van der Waals surface area contributed by atoms with E-state index >= 15 is 0 Å². The number of halogens is 1. The van der Waals surface area contributed by atoms with Gasteiger partial charge < -0.3 is 20.1 Å². The summed E-state index contributed by atoms with van der Waals surface area (Å²) in [6.07, 6.45) is 0.874. The smallest absolute Gasteiger partial charge is 0.286 e. The minimum Gasteiger partial charge on any atom is -0.486 e. The van der Waals surface area contributed by atoms with Crippen molar-refractivity contribution < 1.29 is 23.5 Å². The standard InChI is InChI=1S/C24H26FN5O4S/c25-18-4-8-20(9-5-18)34-16-21-28-29-24(35-21)23(32)27-19-6-2-17(3-7-19)22(31)26-10-1-11-30-12-14-33-15-13-30/h2-9H,1,10-16H2,(H,26,31)(H,27,32). The molecule has 2 aromatic carbocycles. The number of rotatable bonds is 10. The first-order chi connectivity index (χ1) is 17.1. The third-order valence-corrected chi connectivity index (χ3v) is 6.18. The highest BCUT2D eigenvalue weighted by atomic mass is 32.1. The average molecular weight is 500 g/mol. The molecule has 1 saturated heterocycles. The molecule has 0 spiro atoms. The van der Waals surface area contributed by atoms with Gasteiger partial charge >= 0.3 is 0 Å². The van der Waals surface area contributed by atoms with Gasteiger partial charge in [-0.1, -0.05) is 11.3 Å². The molecule has 2 amide bonds. The van der Waals surface area contributed by atoms with Gasteiger partial charge in [-0.25, -0.2) is 4.39 Å². The maximum absolute atomic E-state index is 13.0. The Morgan fingerprint density at radius 1 is 1.03 bits per heavy atom. The molecular formula is C24H26FN5O4S. The summed E-state index contributed by atoms with van der Waals surface area (Å²) in [5.41, 5.74) is 1.06. The van der Waals surface area contributed by atoms with Crippen LogP contribution >= 0.6 is 11.3 Å². The van der Waals surface area contributed by atoms with Crippen molar-refractivity contribution in [3.63, 3.8) is 0 Å². The molecule has 0 aliphatic carbocycles. The number of amides is 2. The van der Waals surface area contributed by atoms with E-state index in [0.717, 1.165) is 50.6 Å². The van der Waals surface area contributed by atoms with Crippen molar-refractivity contribution in [1.82, 2.24) is 20.4 Å². The van der Waals surface area contributed by atoms with Gasteiger partial charge in [0, 0.05) is 30.9 Å². The Balaban J connectivity index is 1.20. The van der Waals surface area contributed by atoms with Crippen molar-refractivity contribution in [2.45, 2.75) is 13.0 Å². The van der Waals surface area contributed by atoms with Gasteiger partial charge in [-0.3, -0.25) is 14.5 Å². The van der Waals surface area contributed by atoms with Crippen LogP contribution < -0.4 is 15.4 Å². The molecule has 0 atom stereocenters. The summed E-state index contributed by atoms with van der Waals surface area (Å²) >= 11 is 1.10. The van der Waals surface area contributed by atoms with E-state index in [9.17, 15) is 14.0 Å².